The molecule has 1 N–H and O–H groups in total. The van der Waals surface area contributed by atoms with Crippen molar-refractivity contribution in [2.75, 3.05) is 6.26 Å². The van der Waals surface area contributed by atoms with Crippen molar-refractivity contribution in [3.63, 3.8) is 0 Å². The van der Waals surface area contributed by atoms with Crippen LogP contribution in [0.15, 0.2) is 59.8 Å². The van der Waals surface area contributed by atoms with Crippen LogP contribution in [-0.2, 0) is 11.3 Å². The van der Waals surface area contributed by atoms with Crippen LogP contribution in [0.4, 0.5) is 8.78 Å². The number of hydrogen-bond donors (Lipinski definition) is 1. The third-order valence-corrected chi connectivity index (χ3v) is 4.29. The van der Waals surface area contributed by atoms with Gasteiger partial charge in [-0.2, -0.15) is 0 Å². The molecule has 0 saturated carbocycles. The van der Waals surface area contributed by atoms with E-state index in [1.807, 2.05) is 6.26 Å². The van der Waals surface area contributed by atoms with Crippen LogP contribution in [0.25, 0.3) is 11.8 Å². The van der Waals surface area contributed by atoms with E-state index in [-0.39, 0.29) is 24.1 Å². The number of nitrogens with zero attached hydrogens (tertiary/aromatic N) is 3. The van der Waals surface area contributed by atoms with E-state index in [4.69, 9.17) is 0 Å². The van der Waals surface area contributed by atoms with Crippen LogP contribution in [0.5, 0.6) is 0 Å². The third-order valence-electron chi connectivity index (χ3n) is 3.66. The summed E-state index contributed by atoms with van der Waals surface area (Å²) in [5.41, 5.74) is 1.29. The fraction of sp³-hybridized carbons (Fsp3) is 0.105. The molecular formula is C19H16F2N4OS. The van der Waals surface area contributed by atoms with Gasteiger partial charge >= 0.3 is 0 Å². The zero-order valence-electron chi connectivity index (χ0n) is 14.4. The van der Waals surface area contributed by atoms with Gasteiger partial charge in [-0.25, -0.2) is 8.78 Å². The Morgan fingerprint density at radius 2 is 1.93 bits per heavy atom. The first-order valence-corrected chi connectivity index (χ1v) is 9.25. The van der Waals surface area contributed by atoms with Crippen molar-refractivity contribution in [2.45, 2.75) is 11.7 Å². The lowest BCUT2D eigenvalue weighted by Crippen LogP contribution is -2.22. The van der Waals surface area contributed by atoms with E-state index in [0.29, 0.717) is 22.2 Å². The summed E-state index contributed by atoms with van der Waals surface area (Å²) >= 11 is 1.39. The Morgan fingerprint density at radius 1 is 1.15 bits per heavy atom. The van der Waals surface area contributed by atoms with E-state index in [1.165, 1.54) is 48.2 Å². The molecule has 1 heterocycles. The second-order valence-electron chi connectivity index (χ2n) is 5.52. The van der Waals surface area contributed by atoms with Crippen LogP contribution in [0.2, 0.25) is 0 Å². The average molecular weight is 386 g/mol. The summed E-state index contributed by atoms with van der Waals surface area (Å²) in [6.07, 6.45) is 4.70. The number of halogens is 2. The number of carbonyl (C=O) groups is 1. The molecule has 0 aliphatic carbocycles. The van der Waals surface area contributed by atoms with Gasteiger partial charge in [-0.3, -0.25) is 9.36 Å². The number of carbonyl (C=O) groups excluding carboxylic acids is 1. The van der Waals surface area contributed by atoms with Crippen LogP contribution < -0.4 is 5.32 Å². The molecule has 0 fully saturated rings. The zero-order chi connectivity index (χ0) is 19.2. The molecule has 0 atom stereocenters. The summed E-state index contributed by atoms with van der Waals surface area (Å²) in [5, 5.41) is 11.5. The molecular weight excluding hydrogens is 370 g/mol. The van der Waals surface area contributed by atoms with Crippen LogP contribution in [0, 0.1) is 11.6 Å². The fourth-order valence-corrected chi connectivity index (χ4v) is 2.92. The maximum atomic E-state index is 13.2. The topological polar surface area (TPSA) is 59.8 Å². The molecule has 3 rings (SSSR count). The number of amides is 1. The molecule has 0 radical (unpaired) electrons. The molecule has 27 heavy (non-hydrogen) atoms. The van der Waals surface area contributed by atoms with Gasteiger partial charge < -0.3 is 5.32 Å². The van der Waals surface area contributed by atoms with Gasteiger partial charge in [0.05, 0.1) is 6.54 Å². The zero-order valence-corrected chi connectivity index (χ0v) is 15.2. The third kappa shape index (κ3) is 4.79. The van der Waals surface area contributed by atoms with Crippen LogP contribution >= 0.6 is 11.8 Å². The van der Waals surface area contributed by atoms with Crippen molar-refractivity contribution in [2.24, 2.45) is 0 Å². The van der Waals surface area contributed by atoms with E-state index in [2.05, 4.69) is 15.5 Å². The smallest absolute Gasteiger partial charge is 0.244 e. The van der Waals surface area contributed by atoms with Crippen LogP contribution in [0.3, 0.4) is 0 Å². The van der Waals surface area contributed by atoms with E-state index < -0.39 is 0 Å². The first-order valence-electron chi connectivity index (χ1n) is 8.02. The van der Waals surface area contributed by atoms with Gasteiger partial charge in [0.1, 0.15) is 11.6 Å². The quantitative estimate of drug-likeness (QED) is 0.520. The highest BCUT2D eigenvalue weighted by atomic mass is 32.2. The first-order chi connectivity index (χ1) is 13.1. The maximum absolute atomic E-state index is 13.2. The molecule has 0 bridgehead atoms. The Kier molecular flexibility index (Phi) is 5.97. The molecule has 0 aliphatic rings. The SMILES string of the molecule is CSc1nnc(CNC(=O)C=Cc2cccc(F)c2)n1-c1ccc(F)cc1. The Balaban J connectivity index is 1.71. The number of aromatic nitrogens is 3. The Morgan fingerprint density at radius 3 is 2.63 bits per heavy atom. The van der Waals surface area contributed by atoms with Gasteiger partial charge in [-0.05, 0) is 54.3 Å². The monoisotopic (exact) mass is 386 g/mol. The summed E-state index contributed by atoms with van der Waals surface area (Å²) < 4.78 is 28.1. The lowest BCUT2D eigenvalue weighted by molar-refractivity contribution is -0.116. The lowest BCUT2D eigenvalue weighted by Gasteiger charge is -2.09. The second-order valence-corrected chi connectivity index (χ2v) is 6.29. The van der Waals surface area contributed by atoms with Gasteiger partial charge in [0, 0.05) is 11.8 Å². The highest BCUT2D eigenvalue weighted by Crippen LogP contribution is 2.20. The van der Waals surface area contributed by atoms with E-state index >= 15 is 0 Å². The van der Waals surface area contributed by atoms with Crippen molar-refractivity contribution in [3.05, 3.63) is 77.6 Å². The Bertz CT molecular complexity index is 970. The van der Waals surface area contributed by atoms with Gasteiger partial charge in [-0.15, -0.1) is 10.2 Å². The molecule has 1 aromatic heterocycles. The predicted octanol–water partition coefficient (Wildman–Crippen LogP) is 3.60. The maximum Gasteiger partial charge on any atom is 0.244 e. The summed E-state index contributed by atoms with van der Waals surface area (Å²) in [6.45, 7) is 0.136. The van der Waals surface area contributed by atoms with E-state index in [9.17, 15) is 13.6 Å². The molecule has 3 aromatic rings. The average Bonchev–Trinajstić information content (AvgIpc) is 3.08. The predicted molar refractivity (Wildman–Crippen MR) is 100 cm³/mol. The van der Waals surface area contributed by atoms with Crippen molar-refractivity contribution in [1.29, 1.82) is 0 Å². The lowest BCUT2D eigenvalue weighted by atomic mass is 10.2. The van der Waals surface area contributed by atoms with E-state index in [0.717, 1.165) is 0 Å². The van der Waals surface area contributed by atoms with Crippen LogP contribution in [0.1, 0.15) is 11.4 Å². The number of hydrogen-bond acceptors (Lipinski definition) is 4. The van der Waals surface area contributed by atoms with Gasteiger partial charge in [0.25, 0.3) is 0 Å². The minimum absolute atomic E-state index is 0.136. The number of nitrogens with one attached hydrogen (secondary N) is 1. The molecule has 138 valence electrons. The van der Waals surface area contributed by atoms with Crippen molar-refractivity contribution in [3.8, 4) is 5.69 Å². The van der Waals surface area contributed by atoms with Gasteiger partial charge in [0.2, 0.25) is 5.91 Å². The molecule has 0 spiro atoms. The molecule has 0 aliphatic heterocycles. The largest absolute Gasteiger partial charge is 0.345 e. The number of thioether (sulfide) groups is 1. The van der Waals surface area contributed by atoms with Gasteiger partial charge in [-0.1, -0.05) is 23.9 Å². The first kappa shape index (κ1) is 18.8. The highest BCUT2D eigenvalue weighted by molar-refractivity contribution is 7.98. The molecule has 0 saturated heterocycles. The summed E-state index contributed by atoms with van der Waals surface area (Å²) in [6, 6.07) is 11.9. The Labute approximate surface area is 159 Å². The second kappa shape index (κ2) is 8.59. The van der Waals surface area contributed by atoms with Gasteiger partial charge in [0.15, 0.2) is 11.0 Å². The molecule has 8 heteroatoms. The minimum atomic E-state index is -0.366. The summed E-state index contributed by atoms with van der Waals surface area (Å²) in [4.78, 5) is 12.0. The highest BCUT2D eigenvalue weighted by Gasteiger charge is 2.13. The normalized spacial score (nSPS) is 11.1. The number of benzene rings is 2. The molecule has 5 nitrogen and oxygen atoms in total. The minimum Gasteiger partial charge on any atom is -0.345 e. The van der Waals surface area contributed by atoms with Crippen molar-refractivity contribution in [1.82, 2.24) is 20.1 Å². The molecule has 2 aromatic carbocycles. The molecule has 1 amide bonds. The fourth-order valence-electron chi connectivity index (χ4n) is 2.40. The van der Waals surface area contributed by atoms with E-state index in [1.54, 1.807) is 28.8 Å². The number of rotatable bonds is 6. The van der Waals surface area contributed by atoms with Crippen molar-refractivity contribution < 1.29 is 13.6 Å². The summed E-state index contributed by atoms with van der Waals surface area (Å²) in [7, 11) is 0. The summed E-state index contributed by atoms with van der Waals surface area (Å²) in [5.74, 6) is -0.540. The van der Waals surface area contributed by atoms with Crippen LogP contribution in [-0.4, -0.2) is 26.9 Å². The van der Waals surface area contributed by atoms with Crippen molar-refractivity contribution >= 4 is 23.7 Å². The Hall–Kier alpha value is -3.00. The molecule has 0 unspecified atom stereocenters. The standard InChI is InChI=1S/C19H16F2N4OS/c1-27-19-24-23-17(25(19)16-8-6-14(20)7-9-16)12-22-18(26)10-5-13-3-2-4-15(21)11-13/h2-11H,12H2,1H3,(H,22,26).